The minimum Gasteiger partial charge on any atom is -0.490 e. The zero-order chi connectivity index (χ0) is 26.6. The third kappa shape index (κ3) is 5.20. The van der Waals surface area contributed by atoms with E-state index in [1.165, 1.54) is 0 Å². The van der Waals surface area contributed by atoms with Crippen molar-refractivity contribution in [3.8, 4) is 11.4 Å². The number of anilines is 2. The van der Waals surface area contributed by atoms with Gasteiger partial charge in [0, 0.05) is 56.4 Å². The summed E-state index contributed by atoms with van der Waals surface area (Å²) in [5.74, 6) is 0.604. The number of pyridine rings is 1. The number of halogens is 1. The average Bonchev–Trinajstić information content (AvgIpc) is 3.54. The van der Waals surface area contributed by atoms with Crippen LogP contribution in [0.1, 0.15) is 23.5 Å². The van der Waals surface area contributed by atoms with Gasteiger partial charge in [-0.25, -0.2) is 0 Å². The Morgan fingerprint density at radius 2 is 1.79 bits per heavy atom. The number of hydrogen-bond donors (Lipinski definition) is 1. The Morgan fingerprint density at radius 1 is 1.00 bits per heavy atom. The van der Waals surface area contributed by atoms with E-state index in [-0.39, 0.29) is 12.1 Å². The van der Waals surface area contributed by atoms with Gasteiger partial charge in [-0.1, -0.05) is 17.7 Å². The molecule has 0 amide bonds. The molecule has 1 fully saturated rings. The van der Waals surface area contributed by atoms with Gasteiger partial charge in [-0.3, -0.25) is 4.98 Å². The molecule has 2 atom stereocenters. The summed E-state index contributed by atoms with van der Waals surface area (Å²) in [6.45, 7) is 0.905. The van der Waals surface area contributed by atoms with Gasteiger partial charge in [-0.2, -0.15) is 0 Å². The molecule has 0 aliphatic carbocycles. The number of methoxy groups -OCH3 is 1. The van der Waals surface area contributed by atoms with E-state index in [0.29, 0.717) is 29.1 Å². The molecule has 4 aromatic rings. The third-order valence-corrected chi connectivity index (χ3v) is 7.17. The first-order valence-electron chi connectivity index (χ1n) is 12.3. The number of thiocarbonyl (C=S) groups is 1. The molecule has 1 N–H and O–H groups in total. The molecule has 2 aromatic carbocycles. The molecule has 0 bridgehead atoms. The summed E-state index contributed by atoms with van der Waals surface area (Å²) in [5, 5.41) is 4.63. The Kier molecular flexibility index (Phi) is 7.83. The Balaban J connectivity index is 1.57. The van der Waals surface area contributed by atoms with E-state index in [2.05, 4.69) is 67.3 Å². The summed E-state index contributed by atoms with van der Waals surface area (Å²) in [6.07, 6.45) is 3.89. The highest BCUT2D eigenvalue weighted by atomic mass is 35.5. The van der Waals surface area contributed by atoms with Gasteiger partial charge in [0.2, 0.25) is 0 Å². The van der Waals surface area contributed by atoms with Crippen molar-refractivity contribution < 1.29 is 9.47 Å². The SMILES string of the molecule is COCCOc1ccc(N2C(=S)N[C@@H](c3ccccn3)[C@H]2c2cccn2-c2ccc(N(C)C)cc2)cc1Cl. The molecule has 3 heterocycles. The molecule has 0 spiro atoms. The molecule has 0 unspecified atom stereocenters. The fourth-order valence-corrected chi connectivity index (χ4v) is 5.28. The quantitative estimate of drug-likeness (QED) is 0.210. The van der Waals surface area contributed by atoms with Crippen molar-refractivity contribution in [2.45, 2.75) is 12.1 Å². The van der Waals surface area contributed by atoms with Gasteiger partial charge >= 0.3 is 0 Å². The lowest BCUT2D eigenvalue weighted by Crippen LogP contribution is -2.30. The van der Waals surface area contributed by atoms with Crippen LogP contribution in [0.15, 0.2) is 85.2 Å². The van der Waals surface area contributed by atoms with E-state index < -0.39 is 0 Å². The van der Waals surface area contributed by atoms with Crippen molar-refractivity contribution in [3.05, 3.63) is 102 Å². The van der Waals surface area contributed by atoms with Crippen molar-refractivity contribution in [3.63, 3.8) is 0 Å². The van der Waals surface area contributed by atoms with E-state index in [9.17, 15) is 0 Å². The lowest BCUT2D eigenvalue weighted by atomic mass is 10.0. The highest BCUT2D eigenvalue weighted by Crippen LogP contribution is 2.43. The smallest absolute Gasteiger partial charge is 0.174 e. The molecule has 7 nitrogen and oxygen atoms in total. The van der Waals surface area contributed by atoms with Crippen molar-refractivity contribution in [1.29, 1.82) is 0 Å². The van der Waals surface area contributed by atoms with Crippen molar-refractivity contribution >= 4 is 40.3 Å². The molecular weight excluding hydrogens is 518 g/mol. The normalized spacial score (nSPS) is 16.9. The lowest BCUT2D eigenvalue weighted by molar-refractivity contribution is 0.146. The van der Waals surface area contributed by atoms with Crippen LogP contribution in [0.2, 0.25) is 5.02 Å². The predicted molar refractivity (Wildman–Crippen MR) is 157 cm³/mol. The largest absolute Gasteiger partial charge is 0.490 e. The van der Waals surface area contributed by atoms with Crippen LogP contribution < -0.4 is 19.9 Å². The van der Waals surface area contributed by atoms with E-state index >= 15 is 0 Å². The summed E-state index contributed by atoms with van der Waals surface area (Å²) in [6, 6.07) is 24.0. The van der Waals surface area contributed by atoms with Crippen LogP contribution in [0, 0.1) is 0 Å². The molecule has 38 heavy (non-hydrogen) atoms. The van der Waals surface area contributed by atoms with Gasteiger partial charge in [-0.05, 0) is 78.9 Å². The Hall–Kier alpha value is -3.59. The molecule has 0 radical (unpaired) electrons. The lowest BCUT2D eigenvalue weighted by Gasteiger charge is -2.29. The molecule has 196 valence electrons. The maximum atomic E-state index is 6.65. The van der Waals surface area contributed by atoms with Gasteiger partial charge in [-0.15, -0.1) is 0 Å². The molecule has 1 aliphatic rings. The number of nitrogens with zero attached hydrogens (tertiary/aromatic N) is 4. The first kappa shape index (κ1) is 26.0. The average molecular weight is 548 g/mol. The first-order chi connectivity index (χ1) is 18.5. The highest BCUT2D eigenvalue weighted by molar-refractivity contribution is 7.80. The van der Waals surface area contributed by atoms with Gasteiger partial charge in [0.1, 0.15) is 18.4 Å². The second kappa shape index (κ2) is 11.4. The van der Waals surface area contributed by atoms with Crippen LogP contribution >= 0.6 is 23.8 Å². The topological polar surface area (TPSA) is 54.8 Å². The van der Waals surface area contributed by atoms with E-state index in [1.807, 2.05) is 56.7 Å². The van der Waals surface area contributed by atoms with Crippen LogP contribution in [0.4, 0.5) is 11.4 Å². The van der Waals surface area contributed by atoms with Crippen LogP contribution in [-0.2, 0) is 4.74 Å². The van der Waals surface area contributed by atoms with Gasteiger partial charge in [0.15, 0.2) is 5.11 Å². The van der Waals surface area contributed by atoms with Crippen LogP contribution in [0.25, 0.3) is 5.69 Å². The zero-order valence-corrected chi connectivity index (χ0v) is 23.1. The fourth-order valence-electron chi connectivity index (χ4n) is 4.71. The Morgan fingerprint density at radius 3 is 2.47 bits per heavy atom. The predicted octanol–water partition coefficient (Wildman–Crippen LogP) is 5.79. The fraction of sp³-hybridized carbons (Fsp3) is 0.241. The molecule has 2 aromatic heterocycles. The molecular formula is C29H30ClN5O2S. The summed E-state index contributed by atoms with van der Waals surface area (Å²) in [7, 11) is 5.71. The van der Waals surface area contributed by atoms with Crippen molar-refractivity contribution in [2.75, 3.05) is 44.2 Å². The van der Waals surface area contributed by atoms with Gasteiger partial charge in [0.05, 0.1) is 23.4 Å². The highest BCUT2D eigenvalue weighted by Gasteiger charge is 2.42. The summed E-state index contributed by atoms with van der Waals surface area (Å²) in [5.41, 5.74) is 5.05. The number of ether oxygens (including phenoxy) is 2. The standard InChI is InChI=1S/C29H30ClN5O2S/c1-33(2)20-9-11-21(12-10-20)34-16-6-8-25(34)28-27(24-7-4-5-15-31-24)32-29(38)35(28)22-13-14-26(23(30)19-22)37-18-17-36-3/h4-16,19,27-28H,17-18H2,1-3H3,(H,32,38)/t27-,28+/m0/s1. The number of nitrogens with one attached hydrogen (secondary N) is 1. The Bertz CT molecular complexity index is 1390. The van der Waals surface area contributed by atoms with Crippen molar-refractivity contribution in [2.24, 2.45) is 0 Å². The van der Waals surface area contributed by atoms with Gasteiger partial charge in [0.25, 0.3) is 0 Å². The number of rotatable bonds is 9. The minimum absolute atomic E-state index is 0.171. The van der Waals surface area contributed by atoms with Crippen molar-refractivity contribution in [1.82, 2.24) is 14.9 Å². The van der Waals surface area contributed by atoms with E-state index in [1.54, 1.807) is 7.11 Å². The number of hydrogen-bond acceptors (Lipinski definition) is 5. The maximum Gasteiger partial charge on any atom is 0.174 e. The first-order valence-corrected chi connectivity index (χ1v) is 13.1. The minimum atomic E-state index is -0.183. The zero-order valence-electron chi connectivity index (χ0n) is 21.5. The molecule has 1 aliphatic heterocycles. The monoisotopic (exact) mass is 547 g/mol. The van der Waals surface area contributed by atoms with Crippen LogP contribution in [0.3, 0.4) is 0 Å². The number of aromatic nitrogens is 2. The Labute approximate surface area is 233 Å². The second-order valence-corrected chi connectivity index (χ2v) is 9.96. The van der Waals surface area contributed by atoms with E-state index in [4.69, 9.17) is 33.3 Å². The van der Waals surface area contributed by atoms with Gasteiger partial charge < -0.3 is 29.2 Å². The maximum absolute atomic E-state index is 6.65. The third-order valence-electron chi connectivity index (χ3n) is 6.56. The number of benzene rings is 2. The van der Waals surface area contributed by atoms with Crippen LogP contribution in [0.5, 0.6) is 5.75 Å². The molecule has 0 saturated carbocycles. The molecule has 5 rings (SSSR count). The summed E-state index contributed by atoms with van der Waals surface area (Å²) >= 11 is 12.5. The second-order valence-electron chi connectivity index (χ2n) is 9.17. The molecule has 1 saturated heterocycles. The van der Waals surface area contributed by atoms with E-state index in [0.717, 1.165) is 28.5 Å². The van der Waals surface area contributed by atoms with Crippen LogP contribution in [-0.4, -0.2) is 49.1 Å². The molecule has 9 heteroatoms. The summed E-state index contributed by atoms with van der Waals surface area (Å²) in [4.78, 5) is 8.87. The summed E-state index contributed by atoms with van der Waals surface area (Å²) < 4.78 is 13.1.